The first-order chi connectivity index (χ1) is 8.11. The molecule has 0 saturated heterocycles. The maximum Gasteiger partial charge on any atom is 0.00128 e. The van der Waals surface area contributed by atoms with Crippen LogP contribution in [0.25, 0.3) is 0 Å². The number of hydrogen-bond donors (Lipinski definition) is 0. The topological polar surface area (TPSA) is 3.24 Å². The van der Waals surface area contributed by atoms with Gasteiger partial charge in [0.1, 0.15) is 0 Å². The standard InChI is InChI=1S/C16H36NP/c1-13(2)8-10-17(11-9-16(5,6)7)12-14(3)15(4)18/h13-15H,8-12,18H2,1-7H3. The van der Waals surface area contributed by atoms with Crippen LogP contribution in [0.5, 0.6) is 0 Å². The van der Waals surface area contributed by atoms with Crippen molar-refractivity contribution in [1.29, 1.82) is 0 Å². The maximum absolute atomic E-state index is 2.95. The van der Waals surface area contributed by atoms with E-state index in [4.69, 9.17) is 0 Å². The first-order valence-electron chi connectivity index (χ1n) is 7.59. The van der Waals surface area contributed by atoms with Crippen molar-refractivity contribution in [3.63, 3.8) is 0 Å². The van der Waals surface area contributed by atoms with Crippen molar-refractivity contribution in [2.75, 3.05) is 19.6 Å². The van der Waals surface area contributed by atoms with Crippen molar-refractivity contribution in [3.05, 3.63) is 0 Å². The van der Waals surface area contributed by atoms with E-state index in [1.165, 1.54) is 32.5 Å². The highest BCUT2D eigenvalue weighted by atomic mass is 31.0. The lowest BCUT2D eigenvalue weighted by Crippen LogP contribution is -2.35. The smallest absolute Gasteiger partial charge is 0.00128 e. The summed E-state index contributed by atoms with van der Waals surface area (Å²) >= 11 is 0. The fraction of sp³-hybridized carbons (Fsp3) is 1.00. The predicted molar refractivity (Wildman–Crippen MR) is 88.3 cm³/mol. The van der Waals surface area contributed by atoms with Crippen LogP contribution in [0.15, 0.2) is 0 Å². The second kappa shape index (κ2) is 8.54. The van der Waals surface area contributed by atoms with E-state index >= 15 is 0 Å². The summed E-state index contributed by atoms with van der Waals surface area (Å²) in [6.45, 7) is 20.1. The molecule has 0 aliphatic carbocycles. The molecule has 0 aliphatic rings. The molecule has 0 rings (SSSR count). The predicted octanol–water partition coefficient (Wildman–Crippen LogP) is 4.67. The van der Waals surface area contributed by atoms with Crippen molar-refractivity contribution >= 4 is 9.24 Å². The van der Waals surface area contributed by atoms with Crippen LogP contribution in [0.3, 0.4) is 0 Å². The Morgan fingerprint density at radius 1 is 1.00 bits per heavy atom. The molecule has 0 bridgehead atoms. The third-order valence-electron chi connectivity index (χ3n) is 3.64. The SMILES string of the molecule is CC(C)CCN(CCC(C)(C)C)CC(C)C(C)P. The van der Waals surface area contributed by atoms with E-state index in [1.807, 2.05) is 0 Å². The number of rotatable bonds is 8. The average molecular weight is 273 g/mol. The molecule has 0 heterocycles. The summed E-state index contributed by atoms with van der Waals surface area (Å²) in [5, 5.41) is 0. The summed E-state index contributed by atoms with van der Waals surface area (Å²) < 4.78 is 0. The minimum atomic E-state index is 0.450. The van der Waals surface area contributed by atoms with Gasteiger partial charge in [-0.25, -0.2) is 0 Å². The monoisotopic (exact) mass is 273 g/mol. The quantitative estimate of drug-likeness (QED) is 0.581. The van der Waals surface area contributed by atoms with Crippen LogP contribution >= 0.6 is 9.24 Å². The van der Waals surface area contributed by atoms with Crippen LogP contribution in [0.4, 0.5) is 0 Å². The molecule has 0 N–H and O–H groups in total. The van der Waals surface area contributed by atoms with Crippen molar-refractivity contribution < 1.29 is 0 Å². The maximum atomic E-state index is 2.95. The van der Waals surface area contributed by atoms with Gasteiger partial charge in [0.05, 0.1) is 0 Å². The zero-order valence-corrected chi connectivity index (χ0v) is 14.9. The third kappa shape index (κ3) is 10.3. The highest BCUT2D eigenvalue weighted by molar-refractivity contribution is 7.17. The van der Waals surface area contributed by atoms with Gasteiger partial charge in [-0.05, 0) is 48.8 Å². The van der Waals surface area contributed by atoms with E-state index in [0.29, 0.717) is 11.1 Å². The molecule has 1 nitrogen and oxygen atoms in total. The molecule has 0 aromatic rings. The fourth-order valence-corrected chi connectivity index (χ4v) is 1.92. The minimum Gasteiger partial charge on any atom is -0.303 e. The van der Waals surface area contributed by atoms with E-state index < -0.39 is 0 Å². The highest BCUT2D eigenvalue weighted by Gasteiger charge is 2.17. The van der Waals surface area contributed by atoms with E-state index in [-0.39, 0.29) is 0 Å². The van der Waals surface area contributed by atoms with E-state index in [0.717, 1.165) is 11.8 Å². The largest absolute Gasteiger partial charge is 0.303 e. The van der Waals surface area contributed by atoms with E-state index in [1.54, 1.807) is 0 Å². The Bertz CT molecular complexity index is 206. The highest BCUT2D eigenvalue weighted by Crippen LogP contribution is 2.21. The zero-order valence-electron chi connectivity index (χ0n) is 13.8. The third-order valence-corrected chi connectivity index (χ3v) is 4.30. The Morgan fingerprint density at radius 2 is 1.56 bits per heavy atom. The molecule has 3 unspecified atom stereocenters. The average Bonchev–Trinajstić information content (AvgIpc) is 2.20. The van der Waals surface area contributed by atoms with Crippen molar-refractivity contribution in [2.24, 2.45) is 17.3 Å². The Labute approximate surface area is 118 Å². The Morgan fingerprint density at radius 3 is 1.94 bits per heavy atom. The van der Waals surface area contributed by atoms with Gasteiger partial charge in [-0.1, -0.05) is 48.5 Å². The van der Waals surface area contributed by atoms with Crippen molar-refractivity contribution in [2.45, 2.75) is 67.0 Å². The Kier molecular flexibility index (Phi) is 8.72. The van der Waals surface area contributed by atoms with Gasteiger partial charge >= 0.3 is 0 Å². The van der Waals surface area contributed by atoms with Crippen molar-refractivity contribution in [3.8, 4) is 0 Å². The van der Waals surface area contributed by atoms with Crippen LogP contribution in [0.2, 0.25) is 0 Å². The summed E-state index contributed by atoms with van der Waals surface area (Å²) in [6, 6.07) is 0. The molecule has 18 heavy (non-hydrogen) atoms. The van der Waals surface area contributed by atoms with Gasteiger partial charge in [0, 0.05) is 6.54 Å². The van der Waals surface area contributed by atoms with Gasteiger partial charge in [0.25, 0.3) is 0 Å². The summed E-state index contributed by atoms with van der Waals surface area (Å²) in [7, 11) is 2.95. The second-order valence-corrected chi connectivity index (χ2v) is 8.68. The van der Waals surface area contributed by atoms with Gasteiger partial charge in [0.15, 0.2) is 0 Å². The van der Waals surface area contributed by atoms with E-state index in [9.17, 15) is 0 Å². The molecule has 0 fully saturated rings. The molecule has 0 amide bonds. The van der Waals surface area contributed by atoms with Gasteiger partial charge in [-0.2, -0.15) is 0 Å². The summed E-state index contributed by atoms with van der Waals surface area (Å²) in [5.41, 5.74) is 1.16. The fourth-order valence-electron chi connectivity index (χ4n) is 1.80. The van der Waals surface area contributed by atoms with Gasteiger partial charge < -0.3 is 4.90 Å². The lowest BCUT2D eigenvalue weighted by molar-refractivity contribution is 0.194. The molecule has 2 heteroatoms. The molecule has 0 radical (unpaired) electrons. The van der Waals surface area contributed by atoms with Crippen molar-refractivity contribution in [1.82, 2.24) is 4.90 Å². The molecule has 0 aromatic heterocycles. The van der Waals surface area contributed by atoms with Crippen LogP contribution in [0.1, 0.15) is 61.3 Å². The normalized spacial score (nSPS) is 16.3. The molecule has 0 aliphatic heterocycles. The van der Waals surface area contributed by atoms with Crippen LogP contribution in [-0.4, -0.2) is 30.2 Å². The van der Waals surface area contributed by atoms with E-state index in [2.05, 4.69) is 62.6 Å². The van der Waals surface area contributed by atoms with Gasteiger partial charge in [0.2, 0.25) is 0 Å². The Hall–Kier alpha value is 0.390. The molecule has 110 valence electrons. The number of hydrogen-bond acceptors (Lipinski definition) is 1. The number of nitrogens with zero attached hydrogens (tertiary/aromatic N) is 1. The van der Waals surface area contributed by atoms with Crippen LogP contribution in [-0.2, 0) is 0 Å². The molecule has 3 atom stereocenters. The summed E-state index contributed by atoms with van der Waals surface area (Å²) in [6.07, 6.45) is 2.62. The molecule has 0 aromatic carbocycles. The summed E-state index contributed by atoms with van der Waals surface area (Å²) in [4.78, 5) is 2.68. The Balaban J connectivity index is 4.24. The molecule has 0 spiro atoms. The zero-order chi connectivity index (χ0) is 14.3. The summed E-state index contributed by atoms with van der Waals surface area (Å²) in [5.74, 6) is 1.58. The molecular formula is C16H36NP. The van der Waals surface area contributed by atoms with Crippen LogP contribution < -0.4 is 0 Å². The first kappa shape index (κ1) is 18.4. The van der Waals surface area contributed by atoms with Gasteiger partial charge in [-0.15, -0.1) is 9.24 Å². The lowest BCUT2D eigenvalue weighted by atomic mass is 9.92. The second-order valence-electron chi connectivity index (χ2n) is 7.63. The first-order valence-corrected chi connectivity index (χ1v) is 8.26. The van der Waals surface area contributed by atoms with Crippen LogP contribution in [0, 0.1) is 17.3 Å². The minimum absolute atomic E-state index is 0.450. The molecule has 0 saturated carbocycles. The lowest BCUT2D eigenvalue weighted by Gasteiger charge is -2.30. The molecular weight excluding hydrogens is 237 g/mol. The van der Waals surface area contributed by atoms with Gasteiger partial charge in [-0.3, -0.25) is 0 Å².